The first-order chi connectivity index (χ1) is 6.50. The van der Waals surface area contributed by atoms with Gasteiger partial charge in [0.1, 0.15) is 0 Å². The maximum Gasteiger partial charge on any atom is 0.0963 e. The average molecular weight is 218 g/mol. The van der Waals surface area contributed by atoms with E-state index in [0.717, 1.165) is 31.0 Å². The molecule has 3 nitrogen and oxygen atoms in total. The molecule has 84 valence electrons. The van der Waals surface area contributed by atoms with Crippen LogP contribution in [0.2, 0.25) is 0 Å². The normalized spacial score (nSPS) is 11.6. The van der Waals surface area contributed by atoms with Gasteiger partial charge in [0.15, 0.2) is 0 Å². The quantitative estimate of drug-likeness (QED) is 0.373. The highest BCUT2D eigenvalue weighted by Crippen LogP contribution is 2.22. The van der Waals surface area contributed by atoms with Crippen molar-refractivity contribution in [3.05, 3.63) is 0 Å². The van der Waals surface area contributed by atoms with Gasteiger partial charge in [0.2, 0.25) is 0 Å². The Morgan fingerprint density at radius 1 is 1.43 bits per heavy atom. The Morgan fingerprint density at radius 3 is 2.57 bits per heavy atom. The summed E-state index contributed by atoms with van der Waals surface area (Å²) in [7, 11) is 1.72. The summed E-state index contributed by atoms with van der Waals surface area (Å²) in [6.07, 6.45) is 2.10. The Kier molecular flexibility index (Phi) is 7.01. The zero-order valence-electron chi connectivity index (χ0n) is 9.43. The lowest BCUT2D eigenvalue weighted by molar-refractivity contribution is 0.218. The fourth-order valence-corrected chi connectivity index (χ4v) is 1.83. The van der Waals surface area contributed by atoms with Crippen molar-refractivity contribution in [2.75, 3.05) is 25.2 Å². The second-order valence-electron chi connectivity index (χ2n) is 4.01. The highest BCUT2D eigenvalue weighted by molar-refractivity contribution is 7.99. The maximum atomic E-state index is 7.39. The molecule has 0 saturated heterocycles. The van der Waals surface area contributed by atoms with Gasteiger partial charge < -0.3 is 10.5 Å². The van der Waals surface area contributed by atoms with E-state index >= 15 is 0 Å². The third-order valence-electron chi connectivity index (χ3n) is 2.25. The van der Waals surface area contributed by atoms with Crippen LogP contribution in [0.5, 0.6) is 0 Å². The summed E-state index contributed by atoms with van der Waals surface area (Å²) in [6, 6.07) is 0. The van der Waals surface area contributed by atoms with E-state index in [0.29, 0.717) is 5.84 Å². The molecule has 0 radical (unpaired) electrons. The van der Waals surface area contributed by atoms with E-state index in [1.54, 1.807) is 7.11 Å². The third kappa shape index (κ3) is 6.27. The van der Waals surface area contributed by atoms with Crippen molar-refractivity contribution in [1.29, 1.82) is 5.41 Å². The molecule has 0 atom stereocenters. The number of methoxy groups -OCH3 is 1. The van der Waals surface area contributed by atoms with Crippen LogP contribution in [0.3, 0.4) is 0 Å². The van der Waals surface area contributed by atoms with Crippen LogP contribution in [0, 0.1) is 10.8 Å². The third-order valence-corrected chi connectivity index (χ3v) is 3.28. The molecule has 0 bridgehead atoms. The zero-order chi connectivity index (χ0) is 11.0. The van der Waals surface area contributed by atoms with Gasteiger partial charge in [0.05, 0.1) is 12.4 Å². The van der Waals surface area contributed by atoms with Crippen molar-refractivity contribution in [3.63, 3.8) is 0 Å². The summed E-state index contributed by atoms with van der Waals surface area (Å²) in [6.45, 7) is 4.87. The predicted molar refractivity (Wildman–Crippen MR) is 64.1 cm³/mol. The highest BCUT2D eigenvalue weighted by atomic mass is 32.2. The molecule has 0 aromatic rings. The van der Waals surface area contributed by atoms with Crippen LogP contribution in [-0.4, -0.2) is 31.1 Å². The van der Waals surface area contributed by atoms with E-state index < -0.39 is 0 Å². The monoisotopic (exact) mass is 218 g/mol. The first kappa shape index (κ1) is 13.8. The smallest absolute Gasteiger partial charge is 0.0963 e. The van der Waals surface area contributed by atoms with Crippen molar-refractivity contribution >= 4 is 17.6 Å². The van der Waals surface area contributed by atoms with Crippen LogP contribution in [0.4, 0.5) is 0 Å². The second kappa shape index (κ2) is 7.12. The highest BCUT2D eigenvalue weighted by Gasteiger charge is 2.20. The summed E-state index contributed by atoms with van der Waals surface area (Å²) in [5, 5.41) is 7.39. The molecule has 0 amide bonds. The number of thioether (sulfide) groups is 1. The Hall–Kier alpha value is -0.220. The summed E-state index contributed by atoms with van der Waals surface area (Å²) in [5.41, 5.74) is 5.35. The number of nitrogens with one attached hydrogen (secondary N) is 1. The van der Waals surface area contributed by atoms with Gasteiger partial charge >= 0.3 is 0 Å². The van der Waals surface area contributed by atoms with Crippen LogP contribution in [0.25, 0.3) is 0 Å². The van der Waals surface area contributed by atoms with E-state index in [-0.39, 0.29) is 5.41 Å². The molecular formula is C10H22N2OS. The van der Waals surface area contributed by atoms with Gasteiger partial charge in [-0.2, -0.15) is 11.8 Å². The van der Waals surface area contributed by atoms with Crippen molar-refractivity contribution in [2.45, 2.75) is 26.7 Å². The number of nitrogens with two attached hydrogens (primary N) is 1. The van der Waals surface area contributed by atoms with E-state index in [2.05, 4.69) is 0 Å². The predicted octanol–water partition coefficient (Wildman–Crippen LogP) is 2.11. The molecule has 0 rings (SSSR count). The Balaban J connectivity index is 3.40. The van der Waals surface area contributed by atoms with Crippen LogP contribution in [-0.2, 0) is 4.74 Å². The Morgan fingerprint density at radius 2 is 2.07 bits per heavy atom. The fourth-order valence-electron chi connectivity index (χ4n) is 0.995. The van der Waals surface area contributed by atoms with Crippen LogP contribution < -0.4 is 5.73 Å². The second-order valence-corrected chi connectivity index (χ2v) is 5.23. The van der Waals surface area contributed by atoms with Crippen molar-refractivity contribution in [3.8, 4) is 0 Å². The molecule has 0 aromatic heterocycles. The van der Waals surface area contributed by atoms with Crippen molar-refractivity contribution < 1.29 is 4.74 Å². The summed E-state index contributed by atoms with van der Waals surface area (Å²) in [4.78, 5) is 0. The number of ether oxygens (including phenoxy) is 1. The lowest BCUT2D eigenvalue weighted by atomic mass is 9.87. The van der Waals surface area contributed by atoms with Crippen LogP contribution in [0.1, 0.15) is 26.7 Å². The van der Waals surface area contributed by atoms with Gasteiger partial charge in [-0.05, 0) is 18.6 Å². The molecule has 0 aliphatic carbocycles. The van der Waals surface area contributed by atoms with E-state index in [1.807, 2.05) is 25.6 Å². The lowest BCUT2D eigenvalue weighted by Gasteiger charge is -2.22. The molecule has 0 saturated carbocycles. The van der Waals surface area contributed by atoms with Gasteiger partial charge in [-0.1, -0.05) is 13.8 Å². The summed E-state index contributed by atoms with van der Waals surface area (Å²) in [5.74, 6) is 2.47. The van der Waals surface area contributed by atoms with Gasteiger partial charge in [-0.3, -0.25) is 5.41 Å². The Labute approximate surface area is 91.3 Å². The molecule has 4 heteroatoms. The molecule has 0 heterocycles. The number of hydrogen-bond acceptors (Lipinski definition) is 3. The molecule has 0 unspecified atom stereocenters. The molecule has 3 N–H and O–H groups in total. The largest absolute Gasteiger partial charge is 0.387 e. The van der Waals surface area contributed by atoms with Gasteiger partial charge in [-0.15, -0.1) is 0 Å². The van der Waals surface area contributed by atoms with Crippen LogP contribution >= 0.6 is 11.8 Å². The Bertz CT molecular complexity index is 172. The number of hydrogen-bond donors (Lipinski definition) is 2. The molecule has 0 spiro atoms. The molecule has 0 aromatic carbocycles. The number of rotatable bonds is 8. The van der Waals surface area contributed by atoms with E-state index in [9.17, 15) is 0 Å². The summed E-state index contributed by atoms with van der Waals surface area (Å²) >= 11 is 1.89. The molecule has 0 aliphatic rings. The van der Waals surface area contributed by atoms with Crippen molar-refractivity contribution in [1.82, 2.24) is 0 Å². The van der Waals surface area contributed by atoms with E-state index in [1.165, 1.54) is 0 Å². The minimum absolute atomic E-state index is 0.137. The molecule has 14 heavy (non-hydrogen) atoms. The standard InChI is InChI=1S/C10H22N2OS/c1-10(2,9(11)12)5-4-7-14-8-6-13-3/h4-8H2,1-3H3,(H3,11,12). The fraction of sp³-hybridized carbons (Fsp3) is 0.900. The van der Waals surface area contributed by atoms with Gasteiger partial charge in [0, 0.05) is 18.3 Å². The first-order valence-corrected chi connectivity index (χ1v) is 6.07. The first-order valence-electron chi connectivity index (χ1n) is 4.92. The topological polar surface area (TPSA) is 59.1 Å². The zero-order valence-corrected chi connectivity index (χ0v) is 10.2. The summed E-state index contributed by atoms with van der Waals surface area (Å²) < 4.78 is 4.95. The number of amidine groups is 1. The molecule has 0 aliphatic heterocycles. The van der Waals surface area contributed by atoms with Crippen molar-refractivity contribution in [2.24, 2.45) is 11.1 Å². The minimum atomic E-state index is -0.137. The van der Waals surface area contributed by atoms with Gasteiger partial charge in [0.25, 0.3) is 0 Å². The minimum Gasteiger partial charge on any atom is -0.387 e. The molecule has 0 fully saturated rings. The maximum absolute atomic E-state index is 7.39. The lowest BCUT2D eigenvalue weighted by Crippen LogP contribution is -2.30. The molecular weight excluding hydrogens is 196 g/mol. The van der Waals surface area contributed by atoms with E-state index in [4.69, 9.17) is 15.9 Å². The SMILES string of the molecule is COCCSCCCC(C)(C)C(=N)N. The van der Waals surface area contributed by atoms with Crippen LogP contribution in [0.15, 0.2) is 0 Å². The average Bonchev–Trinajstić information content (AvgIpc) is 2.10. The van der Waals surface area contributed by atoms with Gasteiger partial charge in [-0.25, -0.2) is 0 Å².